The largest absolute Gasteiger partial charge is 0.467 e. The van der Waals surface area contributed by atoms with E-state index < -0.39 is 9.84 Å². The Hall–Kier alpha value is -2.33. The number of hydrogen-bond acceptors (Lipinski definition) is 7. The van der Waals surface area contributed by atoms with Crippen LogP contribution in [0.3, 0.4) is 0 Å². The molecule has 0 aliphatic rings. The number of rotatable bonds is 9. The Morgan fingerprint density at radius 3 is 2.67 bits per heavy atom. The van der Waals surface area contributed by atoms with Gasteiger partial charge in [-0.15, -0.1) is 11.8 Å². The zero-order valence-corrected chi connectivity index (χ0v) is 20.9. The first-order valence-electron chi connectivity index (χ1n) is 10.1. The molecule has 4 rings (SSSR count). The molecule has 0 aliphatic heterocycles. The molecule has 33 heavy (non-hydrogen) atoms. The standard InChI is InChI=1S/C23H21ClN2O4S3/c1-31-18-8-11-20-21(14-18)32-23(25-20)26(15-17-4-2-12-30-17)22(27)5-3-13-33(28,29)19-9-6-16(24)7-10-19/h2,4,6-12,14H,3,5,13,15H2,1H3. The van der Waals surface area contributed by atoms with Crippen molar-refractivity contribution >= 4 is 65.8 Å². The van der Waals surface area contributed by atoms with Crippen molar-refractivity contribution < 1.29 is 17.6 Å². The lowest BCUT2D eigenvalue weighted by Crippen LogP contribution is -2.30. The normalized spacial score (nSPS) is 11.7. The van der Waals surface area contributed by atoms with Gasteiger partial charge in [-0.3, -0.25) is 9.69 Å². The highest BCUT2D eigenvalue weighted by Gasteiger charge is 2.23. The summed E-state index contributed by atoms with van der Waals surface area (Å²) < 4.78 is 31.6. The number of furan rings is 1. The summed E-state index contributed by atoms with van der Waals surface area (Å²) in [5.74, 6) is 0.286. The van der Waals surface area contributed by atoms with Gasteiger partial charge < -0.3 is 4.42 Å². The molecule has 4 aromatic rings. The lowest BCUT2D eigenvalue weighted by atomic mass is 10.3. The molecule has 6 nitrogen and oxygen atoms in total. The van der Waals surface area contributed by atoms with Crippen molar-refractivity contribution in [2.45, 2.75) is 29.2 Å². The second-order valence-electron chi connectivity index (χ2n) is 7.27. The van der Waals surface area contributed by atoms with Crippen molar-refractivity contribution in [3.63, 3.8) is 0 Å². The lowest BCUT2D eigenvalue weighted by Gasteiger charge is -2.18. The van der Waals surface area contributed by atoms with Gasteiger partial charge in [-0.1, -0.05) is 22.9 Å². The lowest BCUT2D eigenvalue weighted by molar-refractivity contribution is -0.118. The highest BCUT2D eigenvalue weighted by atomic mass is 35.5. The molecule has 0 N–H and O–H groups in total. The Morgan fingerprint density at radius 1 is 1.18 bits per heavy atom. The summed E-state index contributed by atoms with van der Waals surface area (Å²) >= 11 is 8.92. The predicted octanol–water partition coefficient (Wildman–Crippen LogP) is 6.05. The van der Waals surface area contributed by atoms with Gasteiger partial charge in [0.25, 0.3) is 0 Å². The molecule has 0 saturated carbocycles. The molecule has 2 heterocycles. The summed E-state index contributed by atoms with van der Waals surface area (Å²) in [5.41, 5.74) is 0.815. The van der Waals surface area contributed by atoms with E-state index in [2.05, 4.69) is 11.1 Å². The van der Waals surface area contributed by atoms with Crippen LogP contribution in [0.25, 0.3) is 10.2 Å². The second kappa shape index (κ2) is 10.3. The highest BCUT2D eigenvalue weighted by Crippen LogP contribution is 2.33. The average molecular weight is 521 g/mol. The summed E-state index contributed by atoms with van der Waals surface area (Å²) in [5, 5.41) is 1.03. The Labute approximate surface area is 205 Å². The predicted molar refractivity (Wildman–Crippen MR) is 134 cm³/mol. The smallest absolute Gasteiger partial charge is 0.229 e. The van der Waals surface area contributed by atoms with Crippen LogP contribution < -0.4 is 4.90 Å². The van der Waals surface area contributed by atoms with Crippen LogP contribution in [-0.2, 0) is 21.2 Å². The molecule has 0 saturated heterocycles. The highest BCUT2D eigenvalue weighted by molar-refractivity contribution is 7.98. The van der Waals surface area contributed by atoms with Gasteiger partial charge in [0.2, 0.25) is 5.91 Å². The summed E-state index contributed by atoms with van der Waals surface area (Å²) in [6.07, 6.45) is 3.83. The molecule has 0 atom stereocenters. The van der Waals surface area contributed by atoms with Crippen LogP contribution in [0.2, 0.25) is 5.02 Å². The average Bonchev–Trinajstić information content (AvgIpc) is 3.46. The number of carbonyl (C=O) groups excluding carboxylic acids is 1. The third-order valence-electron chi connectivity index (χ3n) is 4.99. The molecule has 10 heteroatoms. The molecule has 0 fully saturated rings. The molecule has 0 aliphatic carbocycles. The number of amides is 1. The van der Waals surface area contributed by atoms with E-state index in [1.807, 2.05) is 18.4 Å². The molecule has 0 bridgehead atoms. The maximum Gasteiger partial charge on any atom is 0.229 e. The number of aromatic nitrogens is 1. The van der Waals surface area contributed by atoms with Crippen LogP contribution in [-0.4, -0.2) is 31.3 Å². The van der Waals surface area contributed by atoms with Gasteiger partial charge in [0.1, 0.15) is 5.76 Å². The van der Waals surface area contributed by atoms with Crippen LogP contribution in [0.4, 0.5) is 5.13 Å². The number of hydrogen-bond donors (Lipinski definition) is 0. The number of thiazole rings is 1. The van der Waals surface area contributed by atoms with Crippen LogP contribution in [0, 0.1) is 0 Å². The van der Waals surface area contributed by atoms with E-state index in [-0.39, 0.29) is 35.9 Å². The number of fused-ring (bicyclic) bond motifs is 1. The van der Waals surface area contributed by atoms with E-state index in [0.717, 1.165) is 15.1 Å². The van der Waals surface area contributed by atoms with Crippen molar-refractivity contribution in [3.05, 3.63) is 71.6 Å². The number of carbonyl (C=O) groups is 1. The summed E-state index contributed by atoms with van der Waals surface area (Å²) in [6.45, 7) is 0.227. The first-order valence-corrected chi connectivity index (χ1v) is 14.2. The van der Waals surface area contributed by atoms with E-state index in [9.17, 15) is 13.2 Å². The molecular formula is C23H21ClN2O4S3. The fraction of sp³-hybridized carbons (Fsp3) is 0.217. The van der Waals surface area contributed by atoms with Crippen molar-refractivity contribution in [1.29, 1.82) is 0 Å². The van der Waals surface area contributed by atoms with Crippen molar-refractivity contribution in [2.24, 2.45) is 0 Å². The van der Waals surface area contributed by atoms with Gasteiger partial charge in [0, 0.05) is 16.3 Å². The van der Waals surface area contributed by atoms with Crippen LogP contribution in [0.15, 0.2) is 75.1 Å². The second-order valence-corrected chi connectivity index (χ2v) is 11.7. The Bertz CT molecular complexity index is 1350. The summed E-state index contributed by atoms with van der Waals surface area (Å²) in [6, 6.07) is 15.6. The first-order chi connectivity index (χ1) is 15.9. The Balaban J connectivity index is 1.51. The van der Waals surface area contributed by atoms with E-state index in [1.54, 1.807) is 47.2 Å². The molecule has 0 unspecified atom stereocenters. The number of halogens is 1. The molecular weight excluding hydrogens is 500 g/mol. The summed E-state index contributed by atoms with van der Waals surface area (Å²) in [7, 11) is -3.50. The van der Waals surface area contributed by atoms with Gasteiger partial charge in [-0.05, 0) is 67.3 Å². The molecule has 2 aromatic carbocycles. The van der Waals surface area contributed by atoms with Crippen LogP contribution >= 0.6 is 34.7 Å². The molecule has 1 amide bonds. The first kappa shape index (κ1) is 23.8. The van der Waals surface area contributed by atoms with E-state index in [4.69, 9.17) is 16.0 Å². The maximum absolute atomic E-state index is 13.2. The van der Waals surface area contributed by atoms with Crippen molar-refractivity contribution in [2.75, 3.05) is 16.9 Å². The molecule has 0 spiro atoms. The number of thioether (sulfide) groups is 1. The third-order valence-corrected chi connectivity index (χ3v) is 8.82. The topological polar surface area (TPSA) is 80.5 Å². The van der Waals surface area contributed by atoms with E-state index in [0.29, 0.717) is 15.9 Å². The molecule has 2 aromatic heterocycles. The van der Waals surface area contributed by atoms with Gasteiger partial charge in [0.15, 0.2) is 15.0 Å². The fourth-order valence-corrected chi connectivity index (χ4v) is 6.24. The van der Waals surface area contributed by atoms with Crippen LogP contribution in [0.1, 0.15) is 18.6 Å². The quantitative estimate of drug-likeness (QED) is 0.250. The van der Waals surface area contributed by atoms with Gasteiger partial charge >= 0.3 is 0 Å². The summed E-state index contributed by atoms with van der Waals surface area (Å²) in [4.78, 5) is 20.7. The van der Waals surface area contributed by atoms with Gasteiger partial charge in [-0.25, -0.2) is 13.4 Å². The number of benzene rings is 2. The maximum atomic E-state index is 13.2. The van der Waals surface area contributed by atoms with E-state index in [1.165, 1.54) is 23.5 Å². The number of anilines is 1. The minimum Gasteiger partial charge on any atom is -0.467 e. The molecule has 172 valence electrons. The minimum atomic E-state index is -3.50. The van der Waals surface area contributed by atoms with Crippen LogP contribution in [0.5, 0.6) is 0 Å². The SMILES string of the molecule is CSc1ccc2nc(N(Cc3ccco3)C(=O)CCCS(=O)(=O)c3ccc(Cl)cc3)sc2c1. The van der Waals surface area contributed by atoms with Gasteiger partial charge in [-0.2, -0.15) is 0 Å². The Morgan fingerprint density at radius 2 is 1.97 bits per heavy atom. The fourth-order valence-electron chi connectivity index (χ4n) is 3.26. The Kier molecular flexibility index (Phi) is 7.43. The van der Waals surface area contributed by atoms with Gasteiger partial charge in [0.05, 0.1) is 33.7 Å². The molecule has 0 radical (unpaired) electrons. The third kappa shape index (κ3) is 5.78. The van der Waals surface area contributed by atoms with Crippen molar-refractivity contribution in [3.8, 4) is 0 Å². The zero-order chi connectivity index (χ0) is 23.4. The monoisotopic (exact) mass is 520 g/mol. The van der Waals surface area contributed by atoms with E-state index >= 15 is 0 Å². The zero-order valence-electron chi connectivity index (χ0n) is 17.7. The number of nitrogens with zero attached hydrogens (tertiary/aromatic N) is 2. The van der Waals surface area contributed by atoms with Crippen molar-refractivity contribution in [1.82, 2.24) is 4.98 Å². The minimum absolute atomic E-state index is 0.0690. The number of sulfone groups is 1.